The van der Waals surface area contributed by atoms with Gasteiger partial charge in [0, 0.05) is 31.8 Å². The van der Waals surface area contributed by atoms with Crippen molar-refractivity contribution in [3.8, 4) is 0 Å². The zero-order chi connectivity index (χ0) is 21.9. The maximum absolute atomic E-state index is 13.9. The van der Waals surface area contributed by atoms with Crippen LogP contribution in [-0.2, 0) is 11.3 Å². The maximum atomic E-state index is 13.9. The Balaban J connectivity index is 1.64. The Morgan fingerprint density at radius 3 is 2.23 bits per heavy atom. The smallest absolute Gasteiger partial charge is 0.371 e. The third-order valence-corrected chi connectivity index (χ3v) is 6.00. The molecule has 2 aromatic rings. The van der Waals surface area contributed by atoms with Crippen LogP contribution < -0.4 is 15.4 Å². The largest absolute Gasteiger partial charge is 0.409 e. The molecule has 3 atom stereocenters. The molecule has 1 aromatic heterocycles. The van der Waals surface area contributed by atoms with Crippen LogP contribution in [0.1, 0.15) is 19.3 Å². The first-order valence-electron chi connectivity index (χ1n) is 10.0. The van der Waals surface area contributed by atoms with E-state index < -0.39 is 35.8 Å². The molecule has 0 amide bonds. The lowest BCUT2D eigenvalue weighted by Gasteiger charge is -2.40. The molecule has 2 fully saturated rings. The number of nitrogens with zero attached hydrogens (tertiary/aromatic N) is 4. The molecule has 2 unspecified atom stereocenters. The Bertz CT molecular complexity index is 1040. The number of rotatable bonds is 2. The second-order valence-electron chi connectivity index (χ2n) is 8.11. The van der Waals surface area contributed by atoms with Gasteiger partial charge in [-0.2, -0.15) is 18.2 Å². The van der Waals surface area contributed by atoms with Crippen LogP contribution in [0.25, 0.3) is 0 Å². The molecule has 11 heteroatoms. The third-order valence-electron chi connectivity index (χ3n) is 6.00. The van der Waals surface area contributed by atoms with E-state index in [0.717, 1.165) is 34.4 Å². The van der Waals surface area contributed by atoms with Crippen molar-refractivity contribution in [2.45, 2.75) is 50.2 Å². The number of aromatic nitrogens is 2. The number of ether oxygens (including phenoxy) is 1. The number of morpholine rings is 1. The highest BCUT2D eigenvalue weighted by molar-refractivity contribution is 5.62. The van der Waals surface area contributed by atoms with Gasteiger partial charge in [0.25, 0.3) is 5.56 Å². The van der Waals surface area contributed by atoms with Gasteiger partial charge >= 0.3 is 6.18 Å². The summed E-state index contributed by atoms with van der Waals surface area (Å²) in [5.74, 6) is -2.08. The molecule has 0 saturated carbocycles. The average molecular weight is 442 g/mol. The molecule has 0 N–H and O–H groups in total. The molecule has 0 aliphatic carbocycles. The first-order chi connectivity index (χ1) is 14.7. The van der Waals surface area contributed by atoms with E-state index in [1.54, 1.807) is 0 Å². The number of fused-ring (bicyclic) bond motifs is 3. The van der Waals surface area contributed by atoms with Gasteiger partial charge in [-0.1, -0.05) is 0 Å². The van der Waals surface area contributed by atoms with Gasteiger partial charge in [-0.3, -0.25) is 14.3 Å². The van der Waals surface area contributed by atoms with Gasteiger partial charge < -0.3 is 9.64 Å². The van der Waals surface area contributed by atoms with Gasteiger partial charge in [-0.25, -0.2) is 8.78 Å². The molecule has 166 valence electrons. The summed E-state index contributed by atoms with van der Waals surface area (Å²) in [6, 6.07) is 1.43. The lowest BCUT2D eigenvalue weighted by molar-refractivity contribution is -0.150. The van der Waals surface area contributed by atoms with E-state index in [4.69, 9.17) is 4.74 Å². The molecular weight excluding hydrogens is 423 g/mol. The molecule has 0 radical (unpaired) electrons. The number of benzene rings is 1. The number of halogens is 5. The number of hydrogen-bond acceptors (Lipinski definition) is 5. The van der Waals surface area contributed by atoms with Crippen LogP contribution in [0, 0.1) is 11.6 Å². The van der Waals surface area contributed by atoms with Gasteiger partial charge in [0.2, 0.25) is 5.95 Å². The second kappa shape index (κ2) is 7.18. The lowest BCUT2D eigenvalue weighted by Crippen LogP contribution is -2.50. The van der Waals surface area contributed by atoms with E-state index in [1.165, 1.54) is 6.07 Å². The van der Waals surface area contributed by atoms with E-state index in [9.17, 15) is 26.7 Å². The number of hydrogen-bond donors (Lipinski definition) is 0. The van der Waals surface area contributed by atoms with Gasteiger partial charge in [0.05, 0.1) is 17.9 Å². The zero-order valence-electron chi connectivity index (χ0n) is 16.3. The quantitative estimate of drug-likeness (QED) is 0.668. The summed E-state index contributed by atoms with van der Waals surface area (Å²) in [5, 5.41) is 0. The molecule has 1 aromatic carbocycles. The van der Waals surface area contributed by atoms with Crippen LogP contribution in [0.15, 0.2) is 29.1 Å². The predicted octanol–water partition coefficient (Wildman–Crippen LogP) is 3.36. The summed E-state index contributed by atoms with van der Waals surface area (Å²) >= 11 is 0. The van der Waals surface area contributed by atoms with Crippen molar-refractivity contribution in [1.29, 1.82) is 0 Å². The second-order valence-corrected chi connectivity index (χ2v) is 8.11. The van der Waals surface area contributed by atoms with E-state index in [2.05, 4.69) is 4.98 Å². The standard InChI is InChI=1S/C20H19F5N4O2/c21-11-5-12(22)7-13(6-11)29-16(20(23,24)25)3-4-28-18(30)8-17(26-19(28)29)27-9-14-1-2-15(10-27)31-14/h5-8,14-16H,1-4,9-10H2/t14-,15?,16?/m0/s1. The molecule has 2 saturated heterocycles. The fraction of sp³-hybridized carbons (Fsp3) is 0.500. The Hall–Kier alpha value is -2.69. The molecule has 0 spiro atoms. The van der Waals surface area contributed by atoms with Crippen molar-refractivity contribution < 1.29 is 26.7 Å². The van der Waals surface area contributed by atoms with Crippen LogP contribution in [0.3, 0.4) is 0 Å². The van der Waals surface area contributed by atoms with Crippen LogP contribution in [0.2, 0.25) is 0 Å². The zero-order valence-corrected chi connectivity index (χ0v) is 16.3. The van der Waals surface area contributed by atoms with Crippen molar-refractivity contribution in [3.63, 3.8) is 0 Å². The third kappa shape index (κ3) is 3.64. The molecule has 5 rings (SSSR count). The predicted molar refractivity (Wildman–Crippen MR) is 102 cm³/mol. The molecule has 6 nitrogen and oxygen atoms in total. The highest BCUT2D eigenvalue weighted by Crippen LogP contribution is 2.40. The van der Waals surface area contributed by atoms with Crippen molar-refractivity contribution >= 4 is 17.5 Å². The van der Waals surface area contributed by atoms with Crippen molar-refractivity contribution in [3.05, 3.63) is 46.3 Å². The Morgan fingerprint density at radius 1 is 0.968 bits per heavy atom. The minimum atomic E-state index is -4.69. The van der Waals surface area contributed by atoms with Crippen LogP contribution in [0.5, 0.6) is 0 Å². The van der Waals surface area contributed by atoms with E-state index >= 15 is 0 Å². The van der Waals surface area contributed by atoms with Gasteiger partial charge in [-0.05, 0) is 31.4 Å². The van der Waals surface area contributed by atoms with E-state index in [-0.39, 0.29) is 36.2 Å². The summed E-state index contributed by atoms with van der Waals surface area (Å²) < 4.78 is 76.2. The summed E-state index contributed by atoms with van der Waals surface area (Å²) in [6.45, 7) is 0.752. The minimum absolute atomic E-state index is 0.0179. The highest BCUT2D eigenvalue weighted by Gasteiger charge is 2.48. The Labute approximate surface area is 173 Å². The normalized spacial score (nSPS) is 25.6. The van der Waals surface area contributed by atoms with Crippen LogP contribution >= 0.6 is 0 Å². The van der Waals surface area contributed by atoms with E-state index in [0.29, 0.717) is 19.2 Å². The topological polar surface area (TPSA) is 50.6 Å². The SMILES string of the molecule is O=c1cc(N2CC3CC[C@@H](C2)O3)nc2n1CCC(C(F)(F)F)N2c1cc(F)cc(F)c1. The van der Waals surface area contributed by atoms with Crippen molar-refractivity contribution in [1.82, 2.24) is 9.55 Å². The molecule has 4 heterocycles. The Kier molecular flexibility index (Phi) is 4.68. The summed E-state index contributed by atoms with van der Waals surface area (Å²) in [5.41, 5.74) is -0.860. The number of alkyl halides is 3. The molecule has 31 heavy (non-hydrogen) atoms. The molecule has 2 bridgehead atoms. The van der Waals surface area contributed by atoms with Crippen molar-refractivity contribution in [2.24, 2.45) is 0 Å². The molecule has 3 aliphatic heterocycles. The van der Waals surface area contributed by atoms with Gasteiger partial charge in [0.15, 0.2) is 0 Å². The first kappa shape index (κ1) is 20.2. The van der Waals surface area contributed by atoms with Gasteiger partial charge in [-0.15, -0.1) is 0 Å². The Morgan fingerprint density at radius 2 is 1.61 bits per heavy atom. The lowest BCUT2D eigenvalue weighted by atomic mass is 10.1. The first-order valence-corrected chi connectivity index (χ1v) is 10.0. The highest BCUT2D eigenvalue weighted by atomic mass is 19.4. The maximum Gasteiger partial charge on any atom is 0.409 e. The molecule has 3 aliphatic rings. The van der Waals surface area contributed by atoms with E-state index in [1.807, 2.05) is 4.90 Å². The fourth-order valence-electron chi connectivity index (χ4n) is 4.64. The fourth-order valence-corrected chi connectivity index (χ4v) is 4.64. The summed E-state index contributed by atoms with van der Waals surface area (Å²) in [6.07, 6.45) is -3.44. The van der Waals surface area contributed by atoms with Crippen LogP contribution in [0.4, 0.5) is 39.4 Å². The monoisotopic (exact) mass is 442 g/mol. The van der Waals surface area contributed by atoms with Gasteiger partial charge in [0.1, 0.15) is 23.5 Å². The summed E-state index contributed by atoms with van der Waals surface area (Å²) in [4.78, 5) is 19.7. The average Bonchev–Trinajstić information content (AvgIpc) is 3.03. The van der Waals surface area contributed by atoms with Crippen molar-refractivity contribution in [2.75, 3.05) is 22.9 Å². The molecular formula is C20H19F5N4O2. The number of anilines is 3. The minimum Gasteiger partial charge on any atom is -0.371 e. The van der Waals surface area contributed by atoms with Crippen LogP contribution in [-0.4, -0.2) is 47.1 Å². The summed E-state index contributed by atoms with van der Waals surface area (Å²) in [7, 11) is 0.